The molecule has 0 amide bonds. The first-order valence-corrected chi connectivity index (χ1v) is 6.76. The number of hydrogen-bond acceptors (Lipinski definition) is 5. The van der Waals surface area contributed by atoms with Crippen LogP contribution in [0, 0.1) is 0 Å². The van der Waals surface area contributed by atoms with Crippen LogP contribution in [0.3, 0.4) is 0 Å². The number of hydrogen-bond donors (Lipinski definition) is 0. The quantitative estimate of drug-likeness (QED) is 0.459. The van der Waals surface area contributed by atoms with Crippen molar-refractivity contribution in [2.24, 2.45) is 0 Å². The molecule has 5 nitrogen and oxygen atoms in total. The zero-order valence-corrected chi connectivity index (χ0v) is 12.2. The van der Waals surface area contributed by atoms with E-state index in [1.165, 1.54) is 6.92 Å². The van der Waals surface area contributed by atoms with Crippen LogP contribution in [-0.2, 0) is 20.7 Å². The van der Waals surface area contributed by atoms with Gasteiger partial charge in [-0.05, 0) is 18.6 Å². The zero-order valence-electron chi connectivity index (χ0n) is 11.4. The Hall–Kier alpha value is -1.75. The average molecular weight is 301 g/mol. The molecule has 0 aliphatic heterocycles. The molecule has 0 aliphatic carbocycles. The summed E-state index contributed by atoms with van der Waals surface area (Å²) >= 11 is 5.76. The van der Waals surface area contributed by atoms with Gasteiger partial charge in [0.25, 0.3) is 0 Å². The van der Waals surface area contributed by atoms with Crippen LogP contribution >= 0.6 is 11.6 Å². The molecule has 1 rings (SSSR count). The smallest absolute Gasteiger partial charge is 0.461 e. The maximum Gasteiger partial charge on any atom is 0.513 e. The van der Waals surface area contributed by atoms with Gasteiger partial charge in [0.15, 0.2) is 0 Å². The molecule has 0 spiro atoms. The number of para-hydroxylation sites is 1. The first-order chi connectivity index (χ1) is 9.56. The minimum Gasteiger partial charge on any atom is -0.461 e. The Labute approximate surface area is 122 Å². The molecule has 0 radical (unpaired) electrons. The number of carbonyl (C=O) groups is 2. The van der Waals surface area contributed by atoms with E-state index in [-0.39, 0.29) is 12.5 Å². The molecule has 0 aliphatic rings. The van der Waals surface area contributed by atoms with E-state index < -0.39 is 18.2 Å². The van der Waals surface area contributed by atoms with Gasteiger partial charge in [0.05, 0.1) is 12.5 Å². The lowest BCUT2D eigenvalue weighted by Gasteiger charge is -2.16. The molecular weight excluding hydrogens is 284 g/mol. The van der Waals surface area contributed by atoms with Crippen LogP contribution in [0.5, 0.6) is 5.75 Å². The van der Waals surface area contributed by atoms with Crippen molar-refractivity contribution in [1.82, 2.24) is 0 Å². The van der Waals surface area contributed by atoms with Gasteiger partial charge in [0, 0.05) is 13.3 Å². The Morgan fingerprint density at radius 1 is 1.30 bits per heavy atom. The minimum atomic E-state index is -0.769. The van der Waals surface area contributed by atoms with Gasteiger partial charge in [-0.3, -0.25) is 4.79 Å². The van der Waals surface area contributed by atoms with Gasteiger partial charge in [-0.1, -0.05) is 18.2 Å². The van der Waals surface area contributed by atoms with Crippen molar-refractivity contribution in [3.8, 4) is 5.75 Å². The normalized spacial score (nSPS) is 11.6. The zero-order chi connectivity index (χ0) is 15.0. The van der Waals surface area contributed by atoms with Crippen molar-refractivity contribution in [1.29, 1.82) is 0 Å². The second-order valence-corrected chi connectivity index (χ2v) is 4.29. The Balaban J connectivity index is 2.78. The Morgan fingerprint density at radius 3 is 2.60 bits per heavy atom. The predicted molar refractivity (Wildman–Crippen MR) is 74.1 cm³/mol. The summed E-state index contributed by atoms with van der Waals surface area (Å²) in [7, 11) is 0. The molecule has 1 aromatic rings. The highest BCUT2D eigenvalue weighted by atomic mass is 35.5. The molecule has 0 fully saturated rings. The van der Waals surface area contributed by atoms with Crippen LogP contribution in [0.25, 0.3) is 0 Å². The van der Waals surface area contributed by atoms with Crippen LogP contribution in [-0.4, -0.2) is 30.7 Å². The molecule has 0 bridgehead atoms. The fourth-order valence-corrected chi connectivity index (χ4v) is 1.79. The molecule has 0 N–H and O–H groups in total. The van der Waals surface area contributed by atoms with Crippen molar-refractivity contribution in [3.63, 3.8) is 0 Å². The highest BCUT2D eigenvalue weighted by molar-refractivity contribution is 6.18. The number of benzene rings is 1. The van der Waals surface area contributed by atoms with E-state index >= 15 is 0 Å². The Kier molecular flexibility index (Phi) is 6.87. The van der Waals surface area contributed by atoms with Crippen molar-refractivity contribution >= 4 is 23.7 Å². The number of esters is 1. The van der Waals surface area contributed by atoms with E-state index in [0.717, 1.165) is 0 Å². The van der Waals surface area contributed by atoms with Crippen molar-refractivity contribution in [2.75, 3.05) is 12.5 Å². The van der Waals surface area contributed by atoms with Crippen molar-refractivity contribution < 1.29 is 23.8 Å². The molecule has 0 aromatic heterocycles. The third kappa shape index (κ3) is 5.48. The second-order valence-electron chi connectivity index (χ2n) is 3.98. The molecule has 1 aromatic carbocycles. The van der Waals surface area contributed by atoms with Crippen LogP contribution < -0.4 is 4.74 Å². The summed E-state index contributed by atoms with van der Waals surface area (Å²) in [6.07, 6.45) is -0.880. The number of alkyl halides is 1. The van der Waals surface area contributed by atoms with E-state index in [1.54, 1.807) is 31.2 Å². The summed E-state index contributed by atoms with van der Waals surface area (Å²) in [6, 6.07) is 6.95. The summed E-state index contributed by atoms with van der Waals surface area (Å²) in [6.45, 7) is 3.25. The lowest BCUT2D eigenvalue weighted by atomic mass is 10.1. The van der Waals surface area contributed by atoms with Gasteiger partial charge in [-0.25, -0.2) is 4.79 Å². The molecule has 20 heavy (non-hydrogen) atoms. The molecule has 1 unspecified atom stereocenters. The second kappa shape index (κ2) is 8.43. The fraction of sp³-hybridized carbons (Fsp3) is 0.429. The minimum absolute atomic E-state index is 0.160. The van der Waals surface area contributed by atoms with Gasteiger partial charge in [0.1, 0.15) is 11.9 Å². The molecule has 1 atom stereocenters. The van der Waals surface area contributed by atoms with Crippen LogP contribution in [0.4, 0.5) is 4.79 Å². The summed E-state index contributed by atoms with van der Waals surface area (Å²) in [5, 5.41) is 0. The van der Waals surface area contributed by atoms with E-state index in [2.05, 4.69) is 0 Å². The van der Waals surface area contributed by atoms with E-state index in [4.69, 9.17) is 25.8 Å². The third-order valence-corrected chi connectivity index (χ3v) is 2.72. The van der Waals surface area contributed by atoms with Gasteiger partial charge < -0.3 is 14.2 Å². The van der Waals surface area contributed by atoms with E-state index in [1.807, 2.05) is 0 Å². The number of ether oxygens (including phenoxy) is 3. The van der Waals surface area contributed by atoms with E-state index in [0.29, 0.717) is 17.7 Å². The van der Waals surface area contributed by atoms with Gasteiger partial charge in [-0.15, -0.1) is 11.6 Å². The first kappa shape index (κ1) is 16.3. The van der Waals surface area contributed by atoms with Crippen LogP contribution in [0.15, 0.2) is 24.3 Å². The lowest BCUT2D eigenvalue weighted by molar-refractivity contribution is -0.145. The predicted octanol–water partition coefficient (Wildman–Crippen LogP) is 2.93. The highest BCUT2D eigenvalue weighted by Crippen LogP contribution is 2.21. The van der Waals surface area contributed by atoms with E-state index in [9.17, 15) is 9.59 Å². The number of carbonyl (C=O) groups excluding carboxylic acids is 2. The van der Waals surface area contributed by atoms with Crippen molar-refractivity contribution in [2.45, 2.75) is 26.4 Å². The van der Waals surface area contributed by atoms with Crippen molar-refractivity contribution in [3.05, 3.63) is 29.8 Å². The Morgan fingerprint density at radius 2 is 2.00 bits per heavy atom. The summed E-state index contributed by atoms with van der Waals surface area (Å²) < 4.78 is 14.9. The highest BCUT2D eigenvalue weighted by Gasteiger charge is 2.16. The number of rotatable bonds is 6. The molecule has 110 valence electrons. The number of halogens is 1. The molecule has 0 heterocycles. The molecule has 0 saturated heterocycles. The molecular formula is C14H17ClO5. The van der Waals surface area contributed by atoms with Gasteiger partial charge >= 0.3 is 12.1 Å². The first-order valence-electron chi connectivity index (χ1n) is 6.22. The lowest BCUT2D eigenvalue weighted by Crippen LogP contribution is -2.21. The SMILES string of the molecule is CCOC(=O)Oc1ccccc1CC(CCl)OC(C)=O. The molecule has 0 saturated carbocycles. The maximum absolute atomic E-state index is 11.3. The molecule has 6 heteroatoms. The van der Waals surface area contributed by atoms with Crippen LogP contribution in [0.2, 0.25) is 0 Å². The monoisotopic (exact) mass is 300 g/mol. The summed E-state index contributed by atoms with van der Waals surface area (Å²) in [5.41, 5.74) is 0.715. The summed E-state index contributed by atoms with van der Waals surface area (Å²) in [5.74, 6) is 0.125. The average Bonchev–Trinajstić information content (AvgIpc) is 2.39. The standard InChI is InChI=1S/C14H17ClO5/c1-3-18-14(17)20-13-7-5-4-6-11(13)8-12(9-15)19-10(2)16/h4-7,12H,3,8-9H2,1-2H3. The third-order valence-electron chi connectivity index (χ3n) is 2.38. The summed E-state index contributed by atoms with van der Waals surface area (Å²) in [4.78, 5) is 22.3. The van der Waals surface area contributed by atoms with Crippen LogP contribution in [0.1, 0.15) is 19.4 Å². The topological polar surface area (TPSA) is 61.8 Å². The largest absolute Gasteiger partial charge is 0.513 e. The van der Waals surface area contributed by atoms with Gasteiger partial charge in [-0.2, -0.15) is 0 Å². The Bertz CT molecular complexity index is 461. The van der Waals surface area contributed by atoms with Gasteiger partial charge in [0.2, 0.25) is 0 Å². The maximum atomic E-state index is 11.3. The fourth-order valence-electron chi connectivity index (χ4n) is 1.62.